The van der Waals surface area contributed by atoms with Gasteiger partial charge in [0, 0.05) is 0 Å². The Morgan fingerprint density at radius 1 is 0.772 bits per heavy atom. The lowest BCUT2D eigenvalue weighted by molar-refractivity contribution is -0.0470. The van der Waals surface area contributed by atoms with Gasteiger partial charge in [-0.15, -0.1) is 0 Å². The first kappa shape index (κ1) is 48.1. The van der Waals surface area contributed by atoms with Gasteiger partial charge in [0.05, 0.1) is 19.5 Å². The minimum atomic E-state index is -2.44. The molecule has 1 saturated heterocycles. The SMILES string of the molecule is CC(C)(OC(=O)N(Cc1ccccc1)c1ncnc2c1ncn2[C@@H]1O[C@H](CO[Si](C)(C)C(C)(C)C)[C@@H](O[Si](C)(C)C(C)(C)C)[C@H]1O[Si](C)(C)C(C)(C)C)C(Cl)(Cl)Cl. The normalized spacial score (nSPS) is 20.6. The van der Waals surface area contributed by atoms with Gasteiger partial charge in [0.15, 0.2) is 53.8 Å². The molecular weight excluding hydrogens is 837 g/mol. The summed E-state index contributed by atoms with van der Waals surface area (Å²) in [5.41, 5.74) is 0.137. The van der Waals surface area contributed by atoms with Crippen molar-refractivity contribution in [3.8, 4) is 0 Å². The second-order valence-corrected chi connectivity index (χ2v) is 36.9. The summed E-state index contributed by atoms with van der Waals surface area (Å²) in [5.74, 6) is 0.222. The lowest BCUT2D eigenvalue weighted by atomic mass is 10.1. The lowest BCUT2D eigenvalue weighted by Crippen LogP contribution is -2.54. The van der Waals surface area contributed by atoms with Crippen LogP contribution in [0.25, 0.3) is 11.2 Å². The Morgan fingerprint density at radius 3 is 1.81 bits per heavy atom. The van der Waals surface area contributed by atoms with Crippen molar-refractivity contribution < 1.29 is 27.5 Å². The number of ether oxygens (including phenoxy) is 2. The molecule has 3 heterocycles. The first-order valence-corrected chi connectivity index (χ1v) is 29.5. The van der Waals surface area contributed by atoms with Crippen LogP contribution in [0.15, 0.2) is 43.0 Å². The van der Waals surface area contributed by atoms with E-state index in [2.05, 4.69) is 107 Å². The van der Waals surface area contributed by atoms with Gasteiger partial charge in [-0.1, -0.05) is 127 Å². The predicted octanol–water partition coefficient (Wildman–Crippen LogP) is 11.8. The van der Waals surface area contributed by atoms with Crippen molar-refractivity contribution in [2.75, 3.05) is 11.5 Å². The summed E-state index contributed by atoms with van der Waals surface area (Å²) >= 11 is 18.8. The van der Waals surface area contributed by atoms with Crippen LogP contribution in [-0.4, -0.2) is 84.9 Å². The van der Waals surface area contributed by atoms with Crippen LogP contribution in [-0.2, 0) is 29.3 Å². The molecule has 3 aromatic rings. The van der Waals surface area contributed by atoms with Crippen LogP contribution in [0, 0.1) is 0 Å². The molecule has 4 rings (SSSR count). The monoisotopic (exact) mass is 901 g/mol. The Hall–Kier alpha value is -1.60. The van der Waals surface area contributed by atoms with Crippen molar-refractivity contribution in [3.05, 3.63) is 48.5 Å². The van der Waals surface area contributed by atoms with Crippen LogP contribution < -0.4 is 4.90 Å². The molecular formula is C40H66Cl3N5O6Si3. The third kappa shape index (κ3) is 10.7. The topological polar surface area (TPSA) is 110 Å². The van der Waals surface area contributed by atoms with E-state index < -0.39 is 65.0 Å². The van der Waals surface area contributed by atoms with Gasteiger partial charge in [0.2, 0.25) is 3.79 Å². The number of carbonyl (C=O) groups is 1. The molecule has 1 aliphatic heterocycles. The van der Waals surface area contributed by atoms with E-state index in [-0.39, 0.29) is 27.5 Å². The van der Waals surface area contributed by atoms with E-state index in [1.807, 2.05) is 34.9 Å². The standard InChI is InChI=1S/C40H66Cl3N5O6Si3/c1-36(2,3)55(12,13)50-24-28-30(53-56(14,15)37(4,5)6)31(54-57(16,17)38(7,8)9)34(51-28)48-26-46-29-32(44-25-45-33(29)48)47(23-27-21-19-18-20-22-27)35(49)52-39(10,11)40(41,42)43/h18-22,25-26,28,30-31,34H,23-24H2,1-17H3/t28-,30-,31-,34-/m1/s1. The molecule has 4 atom stereocenters. The molecule has 2 aromatic heterocycles. The van der Waals surface area contributed by atoms with Crippen LogP contribution >= 0.6 is 34.8 Å². The summed E-state index contributed by atoms with van der Waals surface area (Å²) in [6.07, 6.45) is 0.149. The Morgan fingerprint density at radius 2 is 1.30 bits per heavy atom. The smallest absolute Gasteiger partial charge is 0.416 e. The maximum atomic E-state index is 14.1. The quantitative estimate of drug-likeness (QED) is 0.130. The first-order valence-electron chi connectivity index (χ1n) is 19.6. The second-order valence-electron chi connectivity index (χ2n) is 20.3. The first-order chi connectivity index (χ1) is 25.7. The Bertz CT molecular complexity index is 1850. The summed E-state index contributed by atoms with van der Waals surface area (Å²) in [6, 6.07) is 9.49. The van der Waals surface area contributed by atoms with Gasteiger partial charge in [-0.3, -0.25) is 9.47 Å². The summed E-state index contributed by atoms with van der Waals surface area (Å²) in [6.45, 7) is 37.1. The molecule has 1 amide bonds. The van der Waals surface area contributed by atoms with Crippen molar-refractivity contribution in [2.45, 2.75) is 171 Å². The van der Waals surface area contributed by atoms with E-state index >= 15 is 0 Å². The number of hydrogen-bond acceptors (Lipinski definition) is 9. The number of rotatable bonds is 12. The van der Waals surface area contributed by atoms with Gasteiger partial charge in [-0.25, -0.2) is 19.7 Å². The number of halogens is 3. The zero-order valence-electron chi connectivity index (χ0n) is 37.1. The molecule has 320 valence electrons. The van der Waals surface area contributed by atoms with Gasteiger partial charge >= 0.3 is 6.09 Å². The van der Waals surface area contributed by atoms with Gasteiger partial charge in [-0.05, 0) is 73.8 Å². The van der Waals surface area contributed by atoms with E-state index in [1.165, 1.54) is 25.1 Å². The average Bonchev–Trinajstić information content (AvgIpc) is 3.61. The number of carbonyl (C=O) groups excluding carboxylic acids is 1. The zero-order chi connectivity index (χ0) is 43.4. The highest BCUT2D eigenvalue weighted by atomic mass is 35.6. The molecule has 11 nitrogen and oxygen atoms in total. The molecule has 57 heavy (non-hydrogen) atoms. The lowest BCUT2D eigenvalue weighted by Gasteiger charge is -2.44. The fraction of sp³-hybridized carbons (Fsp3) is 0.700. The summed E-state index contributed by atoms with van der Waals surface area (Å²) < 4.78 is 34.6. The number of nitrogens with zero attached hydrogens (tertiary/aromatic N) is 5. The predicted molar refractivity (Wildman–Crippen MR) is 240 cm³/mol. The maximum Gasteiger partial charge on any atom is 0.416 e. The number of amides is 1. The third-order valence-electron chi connectivity index (χ3n) is 12.5. The molecule has 0 unspecified atom stereocenters. The Labute approximate surface area is 359 Å². The molecule has 0 spiro atoms. The van der Waals surface area contributed by atoms with E-state index in [4.69, 9.17) is 67.5 Å². The number of anilines is 1. The molecule has 1 fully saturated rings. The largest absolute Gasteiger partial charge is 0.439 e. The van der Waals surface area contributed by atoms with Crippen molar-refractivity contribution in [2.24, 2.45) is 0 Å². The number of aromatic nitrogens is 4. The van der Waals surface area contributed by atoms with Crippen LogP contribution in [0.5, 0.6) is 0 Å². The number of benzene rings is 1. The van der Waals surface area contributed by atoms with Gasteiger partial charge in [0.1, 0.15) is 24.6 Å². The van der Waals surface area contributed by atoms with E-state index in [0.29, 0.717) is 17.8 Å². The van der Waals surface area contributed by atoms with Crippen LogP contribution in [0.3, 0.4) is 0 Å². The average molecular weight is 904 g/mol. The van der Waals surface area contributed by atoms with E-state index in [1.54, 1.807) is 6.33 Å². The molecule has 1 aliphatic rings. The molecule has 0 N–H and O–H groups in total. The maximum absolute atomic E-state index is 14.1. The summed E-state index contributed by atoms with van der Waals surface area (Å²) in [4.78, 5) is 29.7. The fourth-order valence-electron chi connectivity index (χ4n) is 5.42. The third-order valence-corrected chi connectivity index (χ3v) is 27.3. The van der Waals surface area contributed by atoms with Gasteiger partial charge in [-0.2, -0.15) is 0 Å². The minimum Gasteiger partial charge on any atom is -0.439 e. The highest BCUT2D eigenvalue weighted by Crippen LogP contribution is 2.47. The van der Waals surface area contributed by atoms with Crippen molar-refractivity contribution in [3.63, 3.8) is 0 Å². The number of hydrogen-bond donors (Lipinski definition) is 0. The molecule has 0 bridgehead atoms. The number of imidazole rings is 1. The van der Waals surface area contributed by atoms with Crippen LogP contribution in [0.2, 0.25) is 54.4 Å². The van der Waals surface area contributed by atoms with E-state index in [0.717, 1.165) is 5.56 Å². The minimum absolute atomic E-state index is 0.00746. The van der Waals surface area contributed by atoms with Gasteiger partial charge in [0.25, 0.3) is 0 Å². The van der Waals surface area contributed by atoms with Crippen molar-refractivity contribution in [1.82, 2.24) is 19.5 Å². The van der Waals surface area contributed by atoms with Crippen LogP contribution in [0.4, 0.5) is 10.6 Å². The summed E-state index contributed by atoms with van der Waals surface area (Å²) in [7, 11) is -7.02. The number of alkyl halides is 3. The fourth-order valence-corrected chi connectivity index (χ4v) is 9.16. The Kier molecular flexibility index (Phi) is 14.1. The highest BCUT2D eigenvalue weighted by Gasteiger charge is 2.55. The van der Waals surface area contributed by atoms with Gasteiger partial charge < -0.3 is 22.8 Å². The highest BCUT2D eigenvalue weighted by molar-refractivity contribution is 6.75. The molecule has 0 saturated carbocycles. The zero-order valence-corrected chi connectivity index (χ0v) is 42.4. The molecule has 0 radical (unpaired) electrons. The Balaban J connectivity index is 1.90. The van der Waals surface area contributed by atoms with Crippen molar-refractivity contribution in [1.29, 1.82) is 0 Å². The summed E-state index contributed by atoms with van der Waals surface area (Å²) in [5, 5.41) is -0.199. The molecule has 0 aliphatic carbocycles. The van der Waals surface area contributed by atoms with Crippen LogP contribution in [0.1, 0.15) is 88.0 Å². The van der Waals surface area contributed by atoms with E-state index in [9.17, 15) is 4.79 Å². The number of fused-ring (bicyclic) bond motifs is 1. The van der Waals surface area contributed by atoms with Crippen molar-refractivity contribution >= 4 is 82.8 Å². The second kappa shape index (κ2) is 16.7. The molecule has 1 aromatic carbocycles. The molecule has 17 heteroatoms.